The summed E-state index contributed by atoms with van der Waals surface area (Å²) in [7, 11) is 0. The molecule has 1 heterocycles. The van der Waals surface area contributed by atoms with Crippen molar-refractivity contribution in [2.24, 2.45) is 5.41 Å². The van der Waals surface area contributed by atoms with E-state index in [1.807, 2.05) is 30.6 Å². The van der Waals surface area contributed by atoms with E-state index in [0.717, 1.165) is 0 Å². The van der Waals surface area contributed by atoms with E-state index < -0.39 is 12.0 Å². The normalized spacial score (nSPS) is 20.1. The quantitative estimate of drug-likeness (QED) is 0.772. The lowest BCUT2D eigenvalue weighted by atomic mass is 9.94. The minimum Gasteiger partial charge on any atom is -0.480 e. The van der Waals surface area contributed by atoms with Gasteiger partial charge in [-0.05, 0) is 6.92 Å². The fourth-order valence-electron chi connectivity index (χ4n) is 1.94. The number of rotatable bonds is 2. The molecule has 0 spiro atoms. The van der Waals surface area contributed by atoms with Crippen molar-refractivity contribution in [3.63, 3.8) is 0 Å². The smallest absolute Gasteiger partial charge is 0.320 e. The summed E-state index contributed by atoms with van der Waals surface area (Å²) in [5, 5.41) is 8.92. The Morgan fingerprint density at radius 3 is 1.94 bits per heavy atom. The van der Waals surface area contributed by atoms with Crippen molar-refractivity contribution in [2.45, 2.75) is 33.7 Å². The van der Waals surface area contributed by atoms with Gasteiger partial charge in [0.05, 0.1) is 0 Å². The van der Waals surface area contributed by atoms with Crippen LogP contribution in [0.15, 0.2) is 0 Å². The van der Waals surface area contributed by atoms with Gasteiger partial charge in [0.1, 0.15) is 6.04 Å². The SMILES string of the molecule is C[C@@H](C(=O)O)N1CCN(C(=O)C(C)(C)C)CC1. The van der Waals surface area contributed by atoms with Crippen LogP contribution in [-0.2, 0) is 9.59 Å². The van der Waals surface area contributed by atoms with Crippen molar-refractivity contribution >= 4 is 11.9 Å². The third kappa shape index (κ3) is 3.43. The minimum absolute atomic E-state index is 0.139. The fourth-order valence-corrected chi connectivity index (χ4v) is 1.94. The van der Waals surface area contributed by atoms with Gasteiger partial charge >= 0.3 is 5.97 Å². The number of piperazine rings is 1. The summed E-state index contributed by atoms with van der Waals surface area (Å²) in [5.74, 6) is -0.666. The Kier molecular flexibility index (Phi) is 4.14. The Hall–Kier alpha value is -1.10. The zero-order valence-corrected chi connectivity index (χ0v) is 11.1. The summed E-state index contributed by atoms with van der Waals surface area (Å²) in [5.41, 5.74) is -0.361. The second-order valence-electron chi connectivity index (χ2n) is 5.59. The number of hydrogen-bond donors (Lipinski definition) is 1. The molecule has 0 unspecified atom stereocenters. The molecule has 1 atom stereocenters. The molecule has 1 rings (SSSR count). The van der Waals surface area contributed by atoms with Gasteiger partial charge in [-0.3, -0.25) is 14.5 Å². The van der Waals surface area contributed by atoms with Crippen LogP contribution in [0.4, 0.5) is 0 Å². The predicted octanol–water partition coefficient (Wildman–Crippen LogP) is 0.650. The minimum atomic E-state index is -0.805. The van der Waals surface area contributed by atoms with Crippen molar-refractivity contribution in [3.8, 4) is 0 Å². The van der Waals surface area contributed by atoms with E-state index in [1.54, 1.807) is 6.92 Å². The van der Waals surface area contributed by atoms with Crippen molar-refractivity contribution in [1.29, 1.82) is 0 Å². The molecule has 1 amide bonds. The van der Waals surface area contributed by atoms with E-state index in [-0.39, 0.29) is 11.3 Å². The number of nitrogens with zero attached hydrogens (tertiary/aromatic N) is 2. The van der Waals surface area contributed by atoms with Gasteiger partial charge in [0.2, 0.25) is 5.91 Å². The predicted molar refractivity (Wildman–Crippen MR) is 64.7 cm³/mol. The molecular formula is C12H22N2O3. The van der Waals surface area contributed by atoms with Gasteiger partial charge in [0, 0.05) is 31.6 Å². The number of amides is 1. The number of carboxylic acid groups (broad SMARTS) is 1. The van der Waals surface area contributed by atoms with E-state index in [1.165, 1.54) is 0 Å². The van der Waals surface area contributed by atoms with Gasteiger partial charge in [0.15, 0.2) is 0 Å². The maximum absolute atomic E-state index is 12.0. The highest BCUT2D eigenvalue weighted by molar-refractivity contribution is 5.81. The molecule has 98 valence electrons. The van der Waals surface area contributed by atoms with Crippen LogP contribution < -0.4 is 0 Å². The van der Waals surface area contributed by atoms with Crippen LogP contribution in [0.3, 0.4) is 0 Å². The van der Waals surface area contributed by atoms with E-state index in [4.69, 9.17) is 5.11 Å². The van der Waals surface area contributed by atoms with E-state index >= 15 is 0 Å². The number of aliphatic carboxylic acids is 1. The number of carbonyl (C=O) groups excluding carboxylic acids is 1. The molecule has 0 saturated carbocycles. The van der Waals surface area contributed by atoms with E-state index in [9.17, 15) is 9.59 Å². The monoisotopic (exact) mass is 242 g/mol. The first-order chi connectivity index (χ1) is 7.73. The average Bonchev–Trinajstić information content (AvgIpc) is 2.26. The van der Waals surface area contributed by atoms with Crippen LogP contribution in [-0.4, -0.2) is 59.0 Å². The Labute approximate surface area is 102 Å². The van der Waals surface area contributed by atoms with Crippen LogP contribution in [0.5, 0.6) is 0 Å². The topological polar surface area (TPSA) is 60.9 Å². The van der Waals surface area contributed by atoms with Crippen molar-refractivity contribution < 1.29 is 14.7 Å². The molecule has 5 nitrogen and oxygen atoms in total. The van der Waals surface area contributed by atoms with Gasteiger partial charge in [0.25, 0.3) is 0 Å². The Morgan fingerprint density at radius 2 is 1.59 bits per heavy atom. The van der Waals surface area contributed by atoms with Crippen molar-refractivity contribution in [2.75, 3.05) is 26.2 Å². The maximum atomic E-state index is 12.0. The molecule has 17 heavy (non-hydrogen) atoms. The highest BCUT2D eigenvalue weighted by Crippen LogP contribution is 2.19. The van der Waals surface area contributed by atoms with Gasteiger partial charge < -0.3 is 10.0 Å². The second kappa shape index (κ2) is 5.04. The highest BCUT2D eigenvalue weighted by atomic mass is 16.4. The number of carboxylic acids is 1. The molecule has 0 aromatic carbocycles. The summed E-state index contributed by atoms with van der Waals surface area (Å²) in [6, 6.07) is -0.470. The first-order valence-electron chi connectivity index (χ1n) is 5.99. The maximum Gasteiger partial charge on any atom is 0.320 e. The average molecular weight is 242 g/mol. The van der Waals surface area contributed by atoms with Crippen molar-refractivity contribution in [1.82, 2.24) is 9.80 Å². The molecule has 0 aromatic heterocycles. The lowest BCUT2D eigenvalue weighted by Gasteiger charge is -2.39. The Balaban J connectivity index is 2.52. The zero-order chi connectivity index (χ0) is 13.2. The van der Waals surface area contributed by atoms with Crippen LogP contribution in [0.2, 0.25) is 0 Å². The van der Waals surface area contributed by atoms with Crippen molar-refractivity contribution in [3.05, 3.63) is 0 Å². The van der Waals surface area contributed by atoms with Gasteiger partial charge in [-0.15, -0.1) is 0 Å². The lowest BCUT2D eigenvalue weighted by molar-refractivity contribution is -0.145. The summed E-state index contributed by atoms with van der Waals surface area (Å²) in [6.45, 7) is 9.90. The van der Waals surface area contributed by atoms with Gasteiger partial charge in [-0.2, -0.15) is 0 Å². The Bertz CT molecular complexity index is 301. The third-order valence-corrected chi connectivity index (χ3v) is 3.15. The molecular weight excluding hydrogens is 220 g/mol. The fraction of sp³-hybridized carbons (Fsp3) is 0.833. The van der Waals surface area contributed by atoms with Crippen LogP contribution in [0.25, 0.3) is 0 Å². The molecule has 0 aliphatic carbocycles. The first kappa shape index (κ1) is 14.0. The lowest BCUT2D eigenvalue weighted by Crippen LogP contribution is -2.54. The highest BCUT2D eigenvalue weighted by Gasteiger charge is 2.31. The molecule has 0 aromatic rings. The van der Waals surface area contributed by atoms with E-state index in [2.05, 4.69) is 0 Å². The van der Waals surface area contributed by atoms with E-state index in [0.29, 0.717) is 26.2 Å². The summed E-state index contributed by atoms with van der Waals surface area (Å²) in [4.78, 5) is 26.6. The second-order valence-corrected chi connectivity index (χ2v) is 5.59. The van der Waals surface area contributed by atoms with Crippen LogP contribution in [0.1, 0.15) is 27.7 Å². The van der Waals surface area contributed by atoms with Gasteiger partial charge in [-0.1, -0.05) is 20.8 Å². The Morgan fingerprint density at radius 1 is 1.12 bits per heavy atom. The molecule has 1 N–H and O–H groups in total. The largest absolute Gasteiger partial charge is 0.480 e. The molecule has 0 radical (unpaired) electrons. The molecule has 5 heteroatoms. The number of hydrogen-bond acceptors (Lipinski definition) is 3. The number of carbonyl (C=O) groups is 2. The molecule has 0 bridgehead atoms. The van der Waals surface area contributed by atoms with Gasteiger partial charge in [-0.25, -0.2) is 0 Å². The molecule has 1 aliphatic heterocycles. The zero-order valence-electron chi connectivity index (χ0n) is 11.1. The molecule has 1 saturated heterocycles. The van der Waals surface area contributed by atoms with Crippen LogP contribution in [0, 0.1) is 5.41 Å². The molecule has 1 fully saturated rings. The van der Waals surface area contributed by atoms with Crippen LogP contribution >= 0.6 is 0 Å². The third-order valence-electron chi connectivity index (χ3n) is 3.15. The first-order valence-corrected chi connectivity index (χ1v) is 5.99. The summed E-state index contributed by atoms with van der Waals surface area (Å²) in [6.07, 6.45) is 0. The summed E-state index contributed by atoms with van der Waals surface area (Å²) >= 11 is 0. The summed E-state index contributed by atoms with van der Waals surface area (Å²) < 4.78 is 0. The standard InChI is InChI=1S/C12H22N2O3/c1-9(10(15)16)13-5-7-14(8-6-13)11(17)12(2,3)4/h9H,5-8H2,1-4H3,(H,15,16)/t9-/m0/s1. The molecule has 1 aliphatic rings.